The van der Waals surface area contributed by atoms with E-state index in [-0.39, 0.29) is 21.7 Å². The molecule has 2 aliphatic rings. The van der Waals surface area contributed by atoms with Crippen LogP contribution in [-0.2, 0) is 39.8 Å². The fraction of sp³-hybridized carbons (Fsp3) is 0.333. The van der Waals surface area contributed by atoms with Gasteiger partial charge in [-0.1, -0.05) is 201 Å². The zero-order valence-electron chi connectivity index (χ0n) is 38.1. The van der Waals surface area contributed by atoms with Crippen molar-refractivity contribution in [2.45, 2.75) is 77.0 Å². The van der Waals surface area contributed by atoms with Crippen LogP contribution in [0.2, 0.25) is 0 Å². The van der Waals surface area contributed by atoms with Crippen molar-refractivity contribution in [2.24, 2.45) is 5.41 Å². The lowest BCUT2D eigenvalue weighted by atomic mass is 9.73. The highest BCUT2D eigenvalue weighted by atomic mass is 31.2. The molecule has 0 saturated carbocycles. The number of hydrogen-bond acceptors (Lipinski definition) is 7. The SMILES string of the molecule is CC(C)(c1ccccc1)c1ccc(OP2OCC3(COP(O)OC3)CO2)c(C(C)(C)c2ccccc2)c1.COc1ccc(C(C)(C)c2ccccc2)cc1C(C)(C)c1ccccc1. The van der Waals surface area contributed by atoms with Crippen molar-refractivity contribution >= 4 is 17.2 Å². The van der Waals surface area contributed by atoms with Gasteiger partial charge in [-0.2, -0.15) is 0 Å². The second-order valence-electron chi connectivity index (χ2n) is 18.7. The topological polar surface area (TPSA) is 75.6 Å². The monoisotopic (exact) mass is 884 g/mol. The average molecular weight is 885 g/mol. The van der Waals surface area contributed by atoms with Crippen molar-refractivity contribution in [1.82, 2.24) is 0 Å². The molecule has 0 radical (unpaired) electrons. The van der Waals surface area contributed by atoms with Gasteiger partial charge in [0.05, 0.1) is 39.0 Å². The summed E-state index contributed by atoms with van der Waals surface area (Å²) in [6.07, 6.45) is 0. The summed E-state index contributed by atoms with van der Waals surface area (Å²) in [6.45, 7) is 19.5. The van der Waals surface area contributed by atoms with E-state index in [9.17, 15) is 4.89 Å². The smallest absolute Gasteiger partial charge is 0.397 e. The Kier molecular flexibility index (Phi) is 14.3. The Bertz CT molecular complexity index is 2390. The van der Waals surface area contributed by atoms with E-state index in [0.29, 0.717) is 26.4 Å². The summed E-state index contributed by atoms with van der Waals surface area (Å²) in [5.41, 5.74) is 8.69. The van der Waals surface area contributed by atoms with Crippen LogP contribution in [0.3, 0.4) is 0 Å². The van der Waals surface area contributed by atoms with Gasteiger partial charge in [0.25, 0.3) is 0 Å². The average Bonchev–Trinajstić information content (AvgIpc) is 3.32. The summed E-state index contributed by atoms with van der Waals surface area (Å²) in [6, 6.07) is 55.4. The van der Waals surface area contributed by atoms with Crippen molar-refractivity contribution in [2.75, 3.05) is 33.5 Å². The molecule has 2 fully saturated rings. The lowest BCUT2D eigenvalue weighted by Crippen LogP contribution is -2.44. The lowest BCUT2D eigenvalue weighted by Gasteiger charge is -2.41. The minimum atomic E-state index is -1.80. The first-order chi connectivity index (χ1) is 30.1. The van der Waals surface area contributed by atoms with E-state index in [1.165, 1.54) is 38.9 Å². The van der Waals surface area contributed by atoms with Gasteiger partial charge in [-0.05, 0) is 45.5 Å². The summed E-state index contributed by atoms with van der Waals surface area (Å²) in [7, 11) is -1.64. The molecule has 8 rings (SSSR count). The molecule has 6 aromatic carbocycles. The van der Waals surface area contributed by atoms with Crippen molar-refractivity contribution in [3.05, 3.63) is 202 Å². The number of benzene rings is 6. The Labute approximate surface area is 377 Å². The molecule has 0 aliphatic carbocycles. The highest BCUT2D eigenvalue weighted by Gasteiger charge is 2.44. The molecule has 2 aliphatic heterocycles. The van der Waals surface area contributed by atoms with Gasteiger partial charge >= 0.3 is 17.2 Å². The second-order valence-corrected chi connectivity index (χ2v) is 20.9. The Hall–Kier alpha value is -4.42. The van der Waals surface area contributed by atoms with Gasteiger partial charge in [0.2, 0.25) is 0 Å². The maximum Gasteiger partial charge on any atom is 0.397 e. The molecular formula is C54H62O7P2. The van der Waals surface area contributed by atoms with E-state index in [0.717, 1.165) is 17.1 Å². The van der Waals surface area contributed by atoms with E-state index in [1.54, 1.807) is 7.11 Å². The van der Waals surface area contributed by atoms with E-state index in [4.69, 9.17) is 27.4 Å². The minimum Gasteiger partial charge on any atom is -0.496 e. The Balaban J connectivity index is 0.000000201. The molecule has 0 bridgehead atoms. The van der Waals surface area contributed by atoms with Crippen LogP contribution in [0.15, 0.2) is 158 Å². The molecule has 0 atom stereocenters. The first kappa shape index (κ1) is 46.6. The van der Waals surface area contributed by atoms with Gasteiger partial charge in [-0.15, -0.1) is 0 Å². The molecule has 9 heteroatoms. The van der Waals surface area contributed by atoms with Crippen LogP contribution in [-0.4, -0.2) is 38.4 Å². The van der Waals surface area contributed by atoms with Gasteiger partial charge in [-0.25, -0.2) is 0 Å². The standard InChI is InChI=1S/C29H34O6P2.C25H28O/c1-27(2,22-11-7-5-8-12-22)24-15-16-26(25(17-24)28(3,4)23-13-9-6-10-14-23)35-37-33-20-29(21-34-37)18-31-36(30)32-19-29;1-24(2,19-12-8-6-9-13-19)21-16-17-23(26-5)22(18-21)25(3,4)20-14-10-7-11-15-20/h5-17,30H,18-21H2,1-4H3;6-18H,1-5H3. The first-order valence-electron chi connectivity index (χ1n) is 21.6. The molecule has 330 valence electrons. The van der Waals surface area contributed by atoms with Gasteiger partial charge < -0.3 is 32.2 Å². The first-order valence-corrected chi connectivity index (χ1v) is 23.8. The van der Waals surface area contributed by atoms with Crippen LogP contribution < -0.4 is 9.26 Å². The molecule has 63 heavy (non-hydrogen) atoms. The number of methoxy groups -OCH3 is 1. The van der Waals surface area contributed by atoms with Crippen molar-refractivity contribution in [1.29, 1.82) is 0 Å². The van der Waals surface area contributed by atoms with Crippen molar-refractivity contribution < 1.29 is 32.2 Å². The van der Waals surface area contributed by atoms with Crippen LogP contribution >= 0.6 is 17.2 Å². The maximum atomic E-state index is 9.54. The van der Waals surface area contributed by atoms with E-state index in [2.05, 4.69) is 195 Å². The fourth-order valence-corrected chi connectivity index (χ4v) is 10.5. The molecule has 2 heterocycles. The lowest BCUT2D eigenvalue weighted by molar-refractivity contribution is -0.0683. The summed E-state index contributed by atoms with van der Waals surface area (Å²) in [4.78, 5) is 9.54. The quantitative estimate of drug-likeness (QED) is 0.130. The highest BCUT2D eigenvalue weighted by Crippen LogP contribution is 2.53. The predicted molar refractivity (Wildman–Crippen MR) is 257 cm³/mol. The molecule has 0 unspecified atom stereocenters. The van der Waals surface area contributed by atoms with E-state index >= 15 is 0 Å². The molecule has 1 spiro atoms. The normalized spacial score (nSPS) is 19.5. The maximum absolute atomic E-state index is 9.54. The number of rotatable bonds is 11. The van der Waals surface area contributed by atoms with Gasteiger partial charge in [-0.3, -0.25) is 0 Å². The summed E-state index contributed by atoms with van der Waals surface area (Å²) >= 11 is 0. The Morgan fingerprint density at radius 1 is 0.429 bits per heavy atom. The molecule has 0 amide bonds. The van der Waals surface area contributed by atoms with Crippen molar-refractivity contribution in [3.63, 3.8) is 0 Å². The Morgan fingerprint density at radius 3 is 1.14 bits per heavy atom. The van der Waals surface area contributed by atoms with Crippen LogP contribution in [0.4, 0.5) is 0 Å². The van der Waals surface area contributed by atoms with E-state index < -0.39 is 22.6 Å². The fourth-order valence-electron chi connectivity index (χ4n) is 8.36. The molecule has 0 aromatic heterocycles. The molecule has 2 saturated heterocycles. The van der Waals surface area contributed by atoms with Crippen LogP contribution in [0.5, 0.6) is 11.5 Å². The number of hydrogen-bond donors (Lipinski definition) is 1. The molecule has 6 aromatic rings. The van der Waals surface area contributed by atoms with Crippen molar-refractivity contribution in [3.8, 4) is 11.5 Å². The zero-order valence-corrected chi connectivity index (χ0v) is 39.9. The minimum absolute atomic E-state index is 0.0744. The third-order valence-corrected chi connectivity index (χ3v) is 14.8. The molecular weight excluding hydrogens is 823 g/mol. The Morgan fingerprint density at radius 2 is 0.762 bits per heavy atom. The van der Waals surface area contributed by atoms with E-state index in [1.807, 2.05) is 18.2 Å². The largest absolute Gasteiger partial charge is 0.496 e. The van der Waals surface area contributed by atoms with Crippen LogP contribution in [0, 0.1) is 5.41 Å². The third-order valence-electron chi connectivity index (χ3n) is 13.0. The third kappa shape index (κ3) is 10.3. The van der Waals surface area contributed by atoms with Gasteiger partial charge in [0, 0.05) is 32.8 Å². The predicted octanol–water partition coefficient (Wildman–Crippen LogP) is 13.6. The highest BCUT2D eigenvalue weighted by molar-refractivity contribution is 7.42. The zero-order chi connectivity index (χ0) is 44.9. The van der Waals surface area contributed by atoms with Crippen LogP contribution in [0.1, 0.15) is 99.9 Å². The summed E-state index contributed by atoms with van der Waals surface area (Å²) in [5, 5.41) is 0. The summed E-state index contributed by atoms with van der Waals surface area (Å²) in [5.74, 6) is 1.69. The molecule has 7 nitrogen and oxygen atoms in total. The molecule has 1 N–H and O–H groups in total. The van der Waals surface area contributed by atoms with Gasteiger partial charge in [0.1, 0.15) is 11.5 Å². The summed E-state index contributed by atoms with van der Waals surface area (Å²) < 4.78 is 34.9. The van der Waals surface area contributed by atoms with Gasteiger partial charge in [0.15, 0.2) is 0 Å². The second kappa shape index (κ2) is 19.4. The number of ether oxygens (including phenoxy) is 1. The van der Waals surface area contributed by atoms with Crippen LogP contribution in [0.25, 0.3) is 0 Å².